The van der Waals surface area contributed by atoms with Crippen LogP contribution in [-0.4, -0.2) is 49.8 Å². The molecule has 22 heavy (non-hydrogen) atoms. The quantitative estimate of drug-likeness (QED) is 0.690. The molecular weight excluding hydrogens is 278 g/mol. The van der Waals surface area contributed by atoms with Crippen molar-refractivity contribution in [1.29, 1.82) is 0 Å². The second-order valence-electron chi connectivity index (χ2n) is 7.32. The van der Waals surface area contributed by atoms with E-state index in [0.717, 1.165) is 19.4 Å². The zero-order valence-corrected chi connectivity index (χ0v) is 15.5. The Hall–Kier alpha value is -0.610. The molecule has 4 atom stereocenters. The topological polar surface area (TPSA) is 38.8 Å². The summed E-state index contributed by atoms with van der Waals surface area (Å²) >= 11 is 0. The third-order valence-corrected chi connectivity index (χ3v) is 5.24. The molecule has 0 N–H and O–H groups in total. The summed E-state index contributed by atoms with van der Waals surface area (Å²) in [5, 5.41) is 0. The van der Waals surface area contributed by atoms with E-state index >= 15 is 0 Å². The lowest BCUT2D eigenvalue weighted by molar-refractivity contribution is -0.139. The SMILES string of the molecule is COC(CC(=O)N1CCCC1C(OC)C(C)C)C(C)C(C)C. The lowest BCUT2D eigenvalue weighted by Gasteiger charge is -2.34. The minimum Gasteiger partial charge on any atom is -0.381 e. The van der Waals surface area contributed by atoms with Gasteiger partial charge in [0.2, 0.25) is 5.91 Å². The van der Waals surface area contributed by atoms with E-state index in [1.165, 1.54) is 0 Å². The fourth-order valence-corrected chi connectivity index (χ4v) is 3.52. The zero-order valence-electron chi connectivity index (χ0n) is 15.5. The van der Waals surface area contributed by atoms with Gasteiger partial charge in [-0.1, -0.05) is 34.6 Å². The Kier molecular flexibility index (Phi) is 7.84. The fraction of sp³-hybridized carbons (Fsp3) is 0.944. The van der Waals surface area contributed by atoms with Gasteiger partial charge in [0.1, 0.15) is 0 Å². The normalized spacial score (nSPS) is 23.1. The first-order valence-electron chi connectivity index (χ1n) is 8.68. The summed E-state index contributed by atoms with van der Waals surface area (Å²) in [5.74, 6) is 1.51. The maximum atomic E-state index is 12.8. The number of ether oxygens (including phenoxy) is 2. The second kappa shape index (κ2) is 8.88. The van der Waals surface area contributed by atoms with Crippen molar-refractivity contribution < 1.29 is 14.3 Å². The summed E-state index contributed by atoms with van der Waals surface area (Å²) in [6.07, 6.45) is 2.70. The fourth-order valence-electron chi connectivity index (χ4n) is 3.52. The van der Waals surface area contributed by atoms with Gasteiger partial charge in [-0.25, -0.2) is 0 Å². The molecule has 0 aromatic rings. The van der Waals surface area contributed by atoms with Crippen LogP contribution < -0.4 is 0 Å². The molecule has 1 aliphatic heterocycles. The molecule has 1 saturated heterocycles. The van der Waals surface area contributed by atoms with Crippen LogP contribution in [-0.2, 0) is 14.3 Å². The molecule has 1 rings (SSSR count). The molecule has 4 unspecified atom stereocenters. The molecular formula is C18H35NO3. The van der Waals surface area contributed by atoms with E-state index < -0.39 is 0 Å². The summed E-state index contributed by atoms with van der Waals surface area (Å²) < 4.78 is 11.3. The Morgan fingerprint density at radius 2 is 1.73 bits per heavy atom. The van der Waals surface area contributed by atoms with Gasteiger partial charge in [-0.2, -0.15) is 0 Å². The van der Waals surface area contributed by atoms with Gasteiger partial charge in [0.05, 0.1) is 24.7 Å². The Labute approximate surface area is 136 Å². The smallest absolute Gasteiger partial charge is 0.225 e. The first-order valence-corrected chi connectivity index (χ1v) is 8.68. The van der Waals surface area contributed by atoms with Crippen molar-refractivity contribution in [2.24, 2.45) is 17.8 Å². The number of rotatable bonds is 8. The van der Waals surface area contributed by atoms with Crippen molar-refractivity contribution in [2.75, 3.05) is 20.8 Å². The van der Waals surface area contributed by atoms with Gasteiger partial charge in [-0.05, 0) is 30.6 Å². The van der Waals surface area contributed by atoms with E-state index in [2.05, 4.69) is 34.6 Å². The van der Waals surface area contributed by atoms with Gasteiger partial charge >= 0.3 is 0 Å². The monoisotopic (exact) mass is 313 g/mol. The third-order valence-electron chi connectivity index (χ3n) is 5.24. The van der Waals surface area contributed by atoms with Crippen LogP contribution in [0.1, 0.15) is 53.9 Å². The molecule has 0 bridgehead atoms. The van der Waals surface area contributed by atoms with Gasteiger partial charge in [0.25, 0.3) is 0 Å². The molecule has 0 saturated carbocycles. The molecule has 4 heteroatoms. The van der Waals surface area contributed by atoms with Crippen LogP contribution in [0.3, 0.4) is 0 Å². The van der Waals surface area contributed by atoms with E-state index in [0.29, 0.717) is 24.2 Å². The highest BCUT2D eigenvalue weighted by Crippen LogP contribution is 2.28. The zero-order chi connectivity index (χ0) is 16.9. The standard InChI is InChI=1S/C18H35NO3/c1-12(2)14(5)16(21-6)11-17(20)19-10-8-9-15(19)18(22-7)13(3)4/h12-16,18H,8-11H2,1-7H3. The number of likely N-dealkylation sites (tertiary alicyclic amines) is 1. The van der Waals surface area contributed by atoms with Gasteiger partial charge in [0, 0.05) is 20.8 Å². The van der Waals surface area contributed by atoms with E-state index in [4.69, 9.17) is 9.47 Å². The van der Waals surface area contributed by atoms with Gasteiger partial charge in [-0.15, -0.1) is 0 Å². The van der Waals surface area contributed by atoms with Crippen molar-refractivity contribution >= 4 is 5.91 Å². The lowest BCUT2D eigenvalue weighted by Crippen LogP contribution is -2.47. The molecule has 0 aromatic heterocycles. The van der Waals surface area contributed by atoms with Crippen molar-refractivity contribution in [2.45, 2.75) is 72.1 Å². The average molecular weight is 313 g/mol. The number of nitrogens with zero attached hydrogens (tertiary/aromatic N) is 1. The Morgan fingerprint density at radius 3 is 2.18 bits per heavy atom. The number of hydrogen-bond acceptors (Lipinski definition) is 3. The van der Waals surface area contributed by atoms with Crippen molar-refractivity contribution in [3.63, 3.8) is 0 Å². The molecule has 1 fully saturated rings. The van der Waals surface area contributed by atoms with E-state index in [1.54, 1.807) is 14.2 Å². The Balaban J connectivity index is 2.74. The van der Waals surface area contributed by atoms with E-state index in [-0.39, 0.29) is 24.2 Å². The van der Waals surface area contributed by atoms with Crippen LogP contribution >= 0.6 is 0 Å². The van der Waals surface area contributed by atoms with Crippen LogP contribution in [0.15, 0.2) is 0 Å². The number of amides is 1. The first kappa shape index (κ1) is 19.4. The van der Waals surface area contributed by atoms with Crippen molar-refractivity contribution in [3.05, 3.63) is 0 Å². The molecule has 1 aliphatic rings. The molecule has 0 aliphatic carbocycles. The Morgan fingerprint density at radius 1 is 1.09 bits per heavy atom. The number of carbonyl (C=O) groups excluding carboxylic acids is 1. The van der Waals surface area contributed by atoms with Crippen molar-refractivity contribution in [1.82, 2.24) is 4.90 Å². The highest BCUT2D eigenvalue weighted by Gasteiger charge is 2.37. The largest absolute Gasteiger partial charge is 0.381 e. The third kappa shape index (κ3) is 4.69. The summed E-state index contributed by atoms with van der Waals surface area (Å²) in [6, 6.07) is 0.212. The molecule has 0 spiro atoms. The van der Waals surface area contributed by atoms with E-state index in [9.17, 15) is 4.79 Å². The summed E-state index contributed by atoms with van der Waals surface area (Å²) in [7, 11) is 3.47. The van der Waals surface area contributed by atoms with Crippen LogP contribution in [0.4, 0.5) is 0 Å². The summed E-state index contributed by atoms with van der Waals surface area (Å²) in [6.45, 7) is 11.7. The predicted molar refractivity (Wildman–Crippen MR) is 89.8 cm³/mol. The molecule has 4 nitrogen and oxygen atoms in total. The highest BCUT2D eigenvalue weighted by atomic mass is 16.5. The summed E-state index contributed by atoms with van der Waals surface area (Å²) in [4.78, 5) is 14.8. The number of hydrogen-bond donors (Lipinski definition) is 0. The van der Waals surface area contributed by atoms with Crippen LogP contribution in [0, 0.1) is 17.8 Å². The molecule has 130 valence electrons. The first-order chi connectivity index (χ1) is 10.3. The predicted octanol–water partition coefficient (Wildman–Crippen LogP) is 3.35. The van der Waals surface area contributed by atoms with Crippen LogP contribution in [0.25, 0.3) is 0 Å². The van der Waals surface area contributed by atoms with Gasteiger partial charge < -0.3 is 14.4 Å². The molecule has 0 radical (unpaired) electrons. The maximum absolute atomic E-state index is 12.8. The Bertz CT molecular complexity index is 343. The average Bonchev–Trinajstić information content (AvgIpc) is 2.93. The molecule has 1 heterocycles. The number of methoxy groups -OCH3 is 2. The minimum atomic E-state index is -0.00575. The van der Waals surface area contributed by atoms with Gasteiger partial charge in [-0.3, -0.25) is 4.79 Å². The van der Waals surface area contributed by atoms with Gasteiger partial charge in [0.15, 0.2) is 0 Å². The molecule has 0 aromatic carbocycles. The maximum Gasteiger partial charge on any atom is 0.225 e. The molecule has 1 amide bonds. The van der Waals surface area contributed by atoms with Crippen LogP contribution in [0.2, 0.25) is 0 Å². The summed E-state index contributed by atoms with van der Waals surface area (Å²) in [5.41, 5.74) is 0. The lowest BCUT2D eigenvalue weighted by atomic mass is 9.90. The highest BCUT2D eigenvalue weighted by molar-refractivity contribution is 5.77. The van der Waals surface area contributed by atoms with E-state index in [1.807, 2.05) is 4.90 Å². The van der Waals surface area contributed by atoms with Crippen LogP contribution in [0.5, 0.6) is 0 Å². The minimum absolute atomic E-state index is 0.00575. The number of carbonyl (C=O) groups is 1. The van der Waals surface area contributed by atoms with Crippen molar-refractivity contribution in [3.8, 4) is 0 Å². The second-order valence-corrected chi connectivity index (χ2v) is 7.32.